The summed E-state index contributed by atoms with van der Waals surface area (Å²) in [7, 11) is 0. The topological polar surface area (TPSA) is 61.4 Å². The van der Waals surface area contributed by atoms with Gasteiger partial charge in [-0.1, -0.05) is 145 Å². The van der Waals surface area contributed by atoms with E-state index in [0.717, 1.165) is 75.5 Å². The number of para-hydroxylation sites is 3. The van der Waals surface area contributed by atoms with Crippen molar-refractivity contribution in [3.63, 3.8) is 0 Å². The van der Waals surface area contributed by atoms with Gasteiger partial charge in [0.1, 0.15) is 0 Å². The molecule has 0 spiro atoms. The summed E-state index contributed by atoms with van der Waals surface area (Å²) in [6.07, 6.45) is 0. The van der Waals surface area contributed by atoms with Crippen molar-refractivity contribution in [3.8, 4) is 33.9 Å². The van der Waals surface area contributed by atoms with Gasteiger partial charge in [0, 0.05) is 32.7 Å². The number of benzene rings is 8. The summed E-state index contributed by atoms with van der Waals surface area (Å²) in [4.78, 5) is 21.1. The Bertz CT molecular complexity index is 3390. The second-order valence-electron chi connectivity index (χ2n) is 13.9. The lowest BCUT2D eigenvalue weighted by Gasteiger charge is -2.13. The third-order valence-corrected chi connectivity index (χ3v) is 11.8. The number of hydrogen-bond acceptors (Lipinski definition) is 5. The van der Waals surface area contributed by atoms with E-state index in [4.69, 9.17) is 19.9 Å². The van der Waals surface area contributed by atoms with Gasteiger partial charge in [-0.15, -0.1) is 0 Å². The van der Waals surface area contributed by atoms with E-state index in [1.165, 1.54) is 16.2 Å². The molecular formula is C48H28N6S. The summed E-state index contributed by atoms with van der Waals surface area (Å²) in [6.45, 7) is 0. The summed E-state index contributed by atoms with van der Waals surface area (Å²) in [6, 6.07) is 59.7. The molecule has 0 bridgehead atoms. The van der Waals surface area contributed by atoms with Crippen LogP contribution in [-0.4, -0.2) is 29.1 Å². The number of rotatable bonds is 4. The molecule has 0 saturated heterocycles. The Morgan fingerprint density at radius 2 is 0.891 bits per heavy atom. The van der Waals surface area contributed by atoms with Crippen molar-refractivity contribution in [2.75, 3.05) is 0 Å². The number of thiazole rings is 1. The lowest BCUT2D eigenvalue weighted by Crippen LogP contribution is -2.07. The van der Waals surface area contributed by atoms with Crippen molar-refractivity contribution in [2.45, 2.75) is 0 Å². The van der Waals surface area contributed by atoms with Crippen LogP contribution in [0.15, 0.2) is 170 Å². The average molecular weight is 721 g/mol. The fourth-order valence-electron chi connectivity index (χ4n) is 8.24. The first-order valence-corrected chi connectivity index (χ1v) is 19.1. The van der Waals surface area contributed by atoms with E-state index in [9.17, 15) is 0 Å². The van der Waals surface area contributed by atoms with Gasteiger partial charge in [0.15, 0.2) is 16.8 Å². The highest BCUT2D eigenvalue weighted by atomic mass is 32.1. The molecule has 55 heavy (non-hydrogen) atoms. The van der Waals surface area contributed by atoms with Gasteiger partial charge < -0.3 is 0 Å². The maximum absolute atomic E-state index is 5.36. The lowest BCUT2D eigenvalue weighted by molar-refractivity contribution is 0.953. The highest BCUT2D eigenvalue weighted by Crippen LogP contribution is 2.42. The van der Waals surface area contributed by atoms with E-state index in [2.05, 4.69) is 179 Å². The number of aromatic nitrogens is 6. The van der Waals surface area contributed by atoms with E-state index in [0.29, 0.717) is 17.6 Å². The van der Waals surface area contributed by atoms with Gasteiger partial charge in [-0.25, -0.2) is 9.97 Å². The van der Waals surface area contributed by atoms with Crippen LogP contribution in [0.4, 0.5) is 0 Å². The molecule has 0 aliphatic heterocycles. The van der Waals surface area contributed by atoms with Crippen molar-refractivity contribution in [1.82, 2.24) is 29.1 Å². The van der Waals surface area contributed by atoms with Crippen molar-refractivity contribution in [1.29, 1.82) is 0 Å². The van der Waals surface area contributed by atoms with Gasteiger partial charge >= 0.3 is 0 Å². The molecule has 0 saturated carbocycles. The largest absolute Gasteiger partial charge is 0.283 e. The first kappa shape index (κ1) is 30.3. The van der Waals surface area contributed by atoms with Crippen LogP contribution in [0.5, 0.6) is 0 Å². The van der Waals surface area contributed by atoms with Gasteiger partial charge in [0.2, 0.25) is 5.95 Å². The minimum atomic E-state index is 0.557. The Labute approximate surface area is 318 Å². The standard InChI is InChI=1S/C48H28N6S/c1-3-13-31-27-33(23-21-29(31)11-1)45-50-46(34-24-22-30-12-2-4-14-32(30)28-34)52-47(51-45)53-40-18-8-5-15-35(40)37-25-26-38-36-16-6-9-19-41(36)54(44(38)43(37)53)48-49-39-17-7-10-20-42(39)55-48/h1-28H. The Balaban J connectivity index is 1.22. The molecule has 7 heteroatoms. The molecule has 0 unspecified atom stereocenters. The minimum absolute atomic E-state index is 0.557. The summed E-state index contributed by atoms with van der Waals surface area (Å²) < 4.78 is 5.73. The first-order chi connectivity index (χ1) is 27.2. The quantitative estimate of drug-likeness (QED) is 0.182. The van der Waals surface area contributed by atoms with Gasteiger partial charge in [-0.3, -0.25) is 9.13 Å². The Kier molecular flexibility index (Phi) is 6.40. The summed E-state index contributed by atoms with van der Waals surface area (Å²) in [5.41, 5.74) is 7.05. The second kappa shape index (κ2) is 11.6. The fraction of sp³-hybridized carbons (Fsp3) is 0. The molecule has 0 aliphatic rings. The Morgan fingerprint density at radius 3 is 1.51 bits per heavy atom. The molecule has 0 amide bonds. The van der Waals surface area contributed by atoms with E-state index in [-0.39, 0.29) is 0 Å². The molecule has 12 rings (SSSR count). The van der Waals surface area contributed by atoms with Crippen LogP contribution in [0, 0.1) is 0 Å². The van der Waals surface area contributed by atoms with Crippen molar-refractivity contribution >= 4 is 86.7 Å². The lowest BCUT2D eigenvalue weighted by atomic mass is 10.1. The van der Waals surface area contributed by atoms with Crippen LogP contribution in [0.1, 0.15) is 0 Å². The monoisotopic (exact) mass is 720 g/mol. The number of nitrogens with zero attached hydrogens (tertiary/aromatic N) is 6. The summed E-state index contributed by atoms with van der Waals surface area (Å²) in [5, 5.41) is 10.1. The Morgan fingerprint density at radius 1 is 0.382 bits per heavy atom. The third-order valence-electron chi connectivity index (χ3n) is 10.8. The van der Waals surface area contributed by atoms with Gasteiger partial charge in [0.05, 0.1) is 32.3 Å². The van der Waals surface area contributed by atoms with Gasteiger partial charge in [0.25, 0.3) is 0 Å². The molecule has 0 fully saturated rings. The molecule has 4 heterocycles. The zero-order chi connectivity index (χ0) is 36.0. The van der Waals surface area contributed by atoms with Crippen LogP contribution in [0.3, 0.4) is 0 Å². The molecule has 0 radical (unpaired) electrons. The van der Waals surface area contributed by atoms with Gasteiger partial charge in [-0.2, -0.15) is 9.97 Å². The second-order valence-corrected chi connectivity index (χ2v) is 14.9. The average Bonchev–Trinajstić information content (AvgIpc) is 3.93. The van der Waals surface area contributed by atoms with E-state index in [1.54, 1.807) is 11.3 Å². The van der Waals surface area contributed by atoms with E-state index >= 15 is 0 Å². The Hall–Kier alpha value is -7.22. The maximum Gasteiger partial charge on any atom is 0.238 e. The molecule has 4 aromatic heterocycles. The minimum Gasteiger partial charge on any atom is -0.283 e. The van der Waals surface area contributed by atoms with Crippen LogP contribution < -0.4 is 0 Å². The fourth-order valence-corrected chi connectivity index (χ4v) is 9.23. The molecular weight excluding hydrogens is 693 g/mol. The first-order valence-electron chi connectivity index (χ1n) is 18.3. The van der Waals surface area contributed by atoms with E-state index in [1.807, 2.05) is 0 Å². The van der Waals surface area contributed by atoms with Crippen molar-refractivity contribution < 1.29 is 0 Å². The van der Waals surface area contributed by atoms with E-state index < -0.39 is 0 Å². The molecule has 8 aromatic carbocycles. The molecule has 0 atom stereocenters. The zero-order valence-electron chi connectivity index (χ0n) is 29.3. The molecule has 12 aromatic rings. The van der Waals surface area contributed by atoms with Crippen LogP contribution in [0.25, 0.3) is 109 Å². The molecule has 0 aliphatic carbocycles. The summed E-state index contributed by atoms with van der Waals surface area (Å²) >= 11 is 1.70. The maximum atomic E-state index is 5.36. The SMILES string of the molecule is c1ccc2cc(-c3nc(-c4ccc5ccccc5c4)nc(-n4c5ccccc5c5ccc6c7ccccc7n(-c7nc8ccccc8s7)c6c54)n3)ccc2c1. The van der Waals surface area contributed by atoms with Crippen molar-refractivity contribution in [3.05, 3.63) is 170 Å². The van der Waals surface area contributed by atoms with Crippen molar-refractivity contribution in [2.24, 2.45) is 0 Å². The van der Waals surface area contributed by atoms with Crippen LogP contribution in [-0.2, 0) is 0 Å². The van der Waals surface area contributed by atoms with Crippen LogP contribution in [0.2, 0.25) is 0 Å². The predicted molar refractivity (Wildman–Crippen MR) is 228 cm³/mol. The smallest absolute Gasteiger partial charge is 0.238 e. The highest BCUT2D eigenvalue weighted by molar-refractivity contribution is 7.20. The number of hydrogen-bond donors (Lipinski definition) is 0. The van der Waals surface area contributed by atoms with Crippen LogP contribution >= 0.6 is 11.3 Å². The third kappa shape index (κ3) is 4.60. The molecule has 6 nitrogen and oxygen atoms in total. The van der Waals surface area contributed by atoms with Gasteiger partial charge in [-0.05, 0) is 57.9 Å². The predicted octanol–water partition coefficient (Wildman–Crippen LogP) is 12.3. The summed E-state index contributed by atoms with van der Waals surface area (Å²) in [5.74, 6) is 1.79. The highest BCUT2D eigenvalue weighted by Gasteiger charge is 2.24. The molecule has 0 N–H and O–H groups in total. The number of fused-ring (bicyclic) bond motifs is 10. The molecule has 256 valence electrons. The zero-order valence-corrected chi connectivity index (χ0v) is 30.1. The normalized spacial score (nSPS) is 12.0.